The Bertz CT molecular complexity index is 803. The van der Waals surface area contributed by atoms with Crippen LogP contribution in [-0.4, -0.2) is 31.1 Å². The predicted molar refractivity (Wildman–Crippen MR) is 105 cm³/mol. The van der Waals surface area contributed by atoms with Crippen molar-refractivity contribution in [2.24, 2.45) is 0 Å². The van der Waals surface area contributed by atoms with Crippen LogP contribution in [-0.2, 0) is 6.54 Å². The molecule has 0 aromatic heterocycles. The normalized spacial score (nSPS) is 15.2. The maximum Gasteiger partial charge on any atom is 0.0240 e. The van der Waals surface area contributed by atoms with Gasteiger partial charge in [0.1, 0.15) is 0 Å². The van der Waals surface area contributed by atoms with Crippen molar-refractivity contribution in [1.82, 2.24) is 10.2 Å². The highest BCUT2D eigenvalue weighted by Gasteiger charge is 2.12. The van der Waals surface area contributed by atoms with Crippen LogP contribution in [0.25, 0.3) is 22.3 Å². The van der Waals surface area contributed by atoms with Crippen molar-refractivity contribution in [3.05, 3.63) is 84.4 Å². The lowest BCUT2D eigenvalue weighted by Crippen LogP contribution is -2.42. The van der Waals surface area contributed by atoms with Crippen LogP contribution in [0, 0.1) is 0 Å². The number of hydrogen-bond donors (Lipinski definition) is 1. The predicted octanol–water partition coefficient (Wildman–Crippen LogP) is 4.43. The second kappa shape index (κ2) is 7.64. The fourth-order valence-electron chi connectivity index (χ4n) is 3.52. The molecule has 1 aliphatic rings. The number of hydrogen-bond acceptors (Lipinski definition) is 2. The van der Waals surface area contributed by atoms with Gasteiger partial charge in [-0.3, -0.25) is 4.90 Å². The van der Waals surface area contributed by atoms with Crippen LogP contribution >= 0.6 is 0 Å². The molecule has 25 heavy (non-hydrogen) atoms. The molecule has 0 unspecified atom stereocenters. The molecule has 0 spiro atoms. The maximum atomic E-state index is 3.43. The van der Waals surface area contributed by atoms with Gasteiger partial charge in [0.2, 0.25) is 0 Å². The average molecular weight is 328 g/mol. The minimum atomic E-state index is 1.03. The van der Waals surface area contributed by atoms with Gasteiger partial charge in [-0.2, -0.15) is 0 Å². The second-order valence-electron chi connectivity index (χ2n) is 6.63. The van der Waals surface area contributed by atoms with Crippen molar-refractivity contribution >= 4 is 0 Å². The summed E-state index contributed by atoms with van der Waals surface area (Å²) in [5.41, 5.74) is 6.59. The third-order valence-electron chi connectivity index (χ3n) is 4.92. The van der Waals surface area contributed by atoms with E-state index in [-0.39, 0.29) is 0 Å². The molecule has 3 aromatic carbocycles. The van der Waals surface area contributed by atoms with Gasteiger partial charge in [-0.15, -0.1) is 0 Å². The molecule has 0 atom stereocenters. The first-order chi connectivity index (χ1) is 12.4. The molecule has 0 radical (unpaired) electrons. The molecule has 1 N–H and O–H groups in total. The number of rotatable bonds is 4. The molecule has 0 aliphatic carbocycles. The Balaban J connectivity index is 1.59. The van der Waals surface area contributed by atoms with Crippen LogP contribution in [0.2, 0.25) is 0 Å². The maximum absolute atomic E-state index is 3.43. The molecule has 1 saturated heterocycles. The van der Waals surface area contributed by atoms with E-state index in [4.69, 9.17) is 0 Å². The Kier molecular flexibility index (Phi) is 4.91. The smallest absolute Gasteiger partial charge is 0.0240 e. The van der Waals surface area contributed by atoms with Gasteiger partial charge in [0.05, 0.1) is 0 Å². The standard InChI is InChI=1S/C23H24N2/c1-2-6-19(7-3-1)20-10-12-21(13-11-20)23-9-5-4-8-22(23)18-25-16-14-24-15-17-25/h1-13,24H,14-18H2. The Morgan fingerprint density at radius 1 is 0.640 bits per heavy atom. The topological polar surface area (TPSA) is 15.3 Å². The van der Waals surface area contributed by atoms with Crippen molar-refractivity contribution < 1.29 is 0 Å². The Morgan fingerprint density at radius 3 is 2.00 bits per heavy atom. The highest BCUT2D eigenvalue weighted by Crippen LogP contribution is 2.28. The van der Waals surface area contributed by atoms with E-state index in [1.807, 2.05) is 0 Å². The summed E-state index contributed by atoms with van der Waals surface area (Å²) < 4.78 is 0. The number of piperazine rings is 1. The molecule has 126 valence electrons. The summed E-state index contributed by atoms with van der Waals surface area (Å²) in [6.45, 7) is 5.46. The molecule has 3 aromatic rings. The molecule has 1 fully saturated rings. The first kappa shape index (κ1) is 16.1. The minimum Gasteiger partial charge on any atom is -0.314 e. The van der Waals surface area contributed by atoms with Gasteiger partial charge in [-0.05, 0) is 27.8 Å². The van der Waals surface area contributed by atoms with E-state index in [9.17, 15) is 0 Å². The molecular formula is C23H24N2. The van der Waals surface area contributed by atoms with Gasteiger partial charge in [0, 0.05) is 32.7 Å². The molecule has 1 aliphatic heterocycles. The summed E-state index contributed by atoms with van der Waals surface area (Å²) in [5, 5.41) is 3.43. The average Bonchev–Trinajstić information content (AvgIpc) is 2.70. The van der Waals surface area contributed by atoms with E-state index in [0.29, 0.717) is 0 Å². The highest BCUT2D eigenvalue weighted by atomic mass is 15.2. The summed E-state index contributed by atoms with van der Waals surface area (Å²) in [7, 11) is 0. The zero-order chi connectivity index (χ0) is 16.9. The molecule has 0 amide bonds. The fourth-order valence-corrected chi connectivity index (χ4v) is 3.52. The van der Waals surface area contributed by atoms with Crippen molar-refractivity contribution in [2.45, 2.75) is 6.54 Å². The lowest BCUT2D eigenvalue weighted by molar-refractivity contribution is 0.233. The zero-order valence-corrected chi connectivity index (χ0v) is 14.5. The molecule has 2 nitrogen and oxygen atoms in total. The van der Waals surface area contributed by atoms with Crippen LogP contribution < -0.4 is 5.32 Å². The van der Waals surface area contributed by atoms with Gasteiger partial charge < -0.3 is 5.32 Å². The molecule has 0 saturated carbocycles. The Labute approximate surface area is 150 Å². The SMILES string of the molecule is c1ccc(-c2ccc(-c3ccccc3CN3CCNCC3)cc2)cc1. The van der Waals surface area contributed by atoms with Gasteiger partial charge in [-0.1, -0.05) is 78.9 Å². The van der Waals surface area contributed by atoms with Gasteiger partial charge in [0.25, 0.3) is 0 Å². The van der Waals surface area contributed by atoms with Gasteiger partial charge >= 0.3 is 0 Å². The first-order valence-electron chi connectivity index (χ1n) is 9.07. The summed E-state index contributed by atoms with van der Waals surface area (Å²) in [6, 6.07) is 28.3. The second-order valence-corrected chi connectivity index (χ2v) is 6.63. The third kappa shape index (κ3) is 3.81. The molecule has 1 heterocycles. The molecule has 2 heteroatoms. The summed E-state index contributed by atoms with van der Waals surface area (Å²) in [4.78, 5) is 2.54. The summed E-state index contributed by atoms with van der Waals surface area (Å²) in [5.74, 6) is 0. The van der Waals surface area contributed by atoms with Gasteiger partial charge in [0.15, 0.2) is 0 Å². The molecular weight excluding hydrogens is 304 g/mol. The van der Waals surface area contributed by atoms with Crippen molar-refractivity contribution in [1.29, 1.82) is 0 Å². The van der Waals surface area contributed by atoms with Crippen molar-refractivity contribution in [2.75, 3.05) is 26.2 Å². The number of benzene rings is 3. The van der Waals surface area contributed by atoms with Gasteiger partial charge in [-0.25, -0.2) is 0 Å². The molecule has 4 rings (SSSR count). The van der Waals surface area contributed by atoms with Crippen LogP contribution in [0.1, 0.15) is 5.56 Å². The van der Waals surface area contributed by atoms with E-state index in [0.717, 1.165) is 32.7 Å². The van der Waals surface area contributed by atoms with E-state index in [2.05, 4.69) is 89.1 Å². The number of nitrogens with one attached hydrogen (secondary N) is 1. The van der Waals surface area contributed by atoms with Crippen LogP contribution in [0.3, 0.4) is 0 Å². The molecule has 0 bridgehead atoms. The lowest BCUT2D eigenvalue weighted by atomic mass is 9.96. The van der Waals surface area contributed by atoms with Crippen molar-refractivity contribution in [3.63, 3.8) is 0 Å². The van der Waals surface area contributed by atoms with E-state index in [1.165, 1.54) is 27.8 Å². The Morgan fingerprint density at radius 2 is 1.24 bits per heavy atom. The van der Waals surface area contributed by atoms with E-state index >= 15 is 0 Å². The van der Waals surface area contributed by atoms with E-state index in [1.54, 1.807) is 0 Å². The van der Waals surface area contributed by atoms with Crippen LogP contribution in [0.5, 0.6) is 0 Å². The zero-order valence-electron chi connectivity index (χ0n) is 14.5. The number of nitrogens with zero attached hydrogens (tertiary/aromatic N) is 1. The fraction of sp³-hybridized carbons (Fsp3) is 0.217. The van der Waals surface area contributed by atoms with Crippen LogP contribution in [0.15, 0.2) is 78.9 Å². The lowest BCUT2D eigenvalue weighted by Gasteiger charge is -2.28. The quantitative estimate of drug-likeness (QED) is 0.762. The monoisotopic (exact) mass is 328 g/mol. The third-order valence-corrected chi connectivity index (χ3v) is 4.92. The van der Waals surface area contributed by atoms with E-state index < -0.39 is 0 Å². The van der Waals surface area contributed by atoms with Crippen LogP contribution in [0.4, 0.5) is 0 Å². The largest absolute Gasteiger partial charge is 0.314 e. The summed E-state index contributed by atoms with van der Waals surface area (Å²) in [6.07, 6.45) is 0. The summed E-state index contributed by atoms with van der Waals surface area (Å²) >= 11 is 0. The Hall–Kier alpha value is -2.42. The minimum absolute atomic E-state index is 1.03. The highest BCUT2D eigenvalue weighted by molar-refractivity contribution is 5.72. The first-order valence-corrected chi connectivity index (χ1v) is 9.07. The van der Waals surface area contributed by atoms with Crippen molar-refractivity contribution in [3.8, 4) is 22.3 Å².